The number of carbonyl (C=O) groups excluding carboxylic acids is 2. The molecular formula is C17H18N2O3. The third kappa shape index (κ3) is 2.79. The SMILES string of the molecule is CCN1C[C@H](COC(=O)c2nccc3ccccc23)CC1=O. The minimum atomic E-state index is -0.431. The Morgan fingerprint density at radius 2 is 2.18 bits per heavy atom. The van der Waals surface area contributed by atoms with Gasteiger partial charge in [0.2, 0.25) is 5.91 Å². The van der Waals surface area contributed by atoms with E-state index in [0.717, 1.165) is 10.8 Å². The van der Waals surface area contributed by atoms with Crippen molar-refractivity contribution in [1.29, 1.82) is 0 Å². The van der Waals surface area contributed by atoms with Gasteiger partial charge in [-0.2, -0.15) is 0 Å². The molecule has 3 rings (SSSR count). The minimum Gasteiger partial charge on any atom is -0.461 e. The fraction of sp³-hybridized carbons (Fsp3) is 0.353. The van der Waals surface area contributed by atoms with Crippen molar-refractivity contribution < 1.29 is 14.3 Å². The van der Waals surface area contributed by atoms with Crippen molar-refractivity contribution in [3.63, 3.8) is 0 Å². The molecule has 0 radical (unpaired) electrons. The summed E-state index contributed by atoms with van der Waals surface area (Å²) >= 11 is 0. The van der Waals surface area contributed by atoms with Gasteiger partial charge in [-0.05, 0) is 18.4 Å². The molecule has 2 aromatic rings. The summed E-state index contributed by atoms with van der Waals surface area (Å²) in [6.07, 6.45) is 2.06. The summed E-state index contributed by atoms with van der Waals surface area (Å²) in [5, 5.41) is 1.74. The highest BCUT2D eigenvalue weighted by molar-refractivity contribution is 6.02. The molecule has 0 saturated carbocycles. The van der Waals surface area contributed by atoms with Crippen LogP contribution in [0.3, 0.4) is 0 Å². The second kappa shape index (κ2) is 6.13. The minimum absolute atomic E-state index is 0.0753. The first kappa shape index (κ1) is 14.5. The number of amides is 1. The van der Waals surface area contributed by atoms with E-state index in [9.17, 15) is 9.59 Å². The lowest BCUT2D eigenvalue weighted by molar-refractivity contribution is -0.127. The molecule has 114 valence electrons. The number of hydrogen-bond acceptors (Lipinski definition) is 4. The van der Waals surface area contributed by atoms with Crippen molar-refractivity contribution in [2.45, 2.75) is 13.3 Å². The van der Waals surface area contributed by atoms with Gasteiger partial charge in [-0.1, -0.05) is 24.3 Å². The summed E-state index contributed by atoms with van der Waals surface area (Å²) in [5.41, 5.74) is 0.328. The number of rotatable bonds is 4. The second-order valence-electron chi connectivity index (χ2n) is 5.48. The van der Waals surface area contributed by atoms with Gasteiger partial charge in [-0.3, -0.25) is 4.79 Å². The van der Waals surface area contributed by atoms with Crippen LogP contribution >= 0.6 is 0 Å². The van der Waals surface area contributed by atoms with Gasteiger partial charge in [0.1, 0.15) is 0 Å². The van der Waals surface area contributed by atoms with Gasteiger partial charge in [-0.25, -0.2) is 9.78 Å². The number of carbonyl (C=O) groups is 2. The number of fused-ring (bicyclic) bond motifs is 1. The topological polar surface area (TPSA) is 59.5 Å². The van der Waals surface area contributed by atoms with Crippen LogP contribution in [0.2, 0.25) is 0 Å². The van der Waals surface area contributed by atoms with E-state index >= 15 is 0 Å². The van der Waals surface area contributed by atoms with Crippen molar-refractivity contribution in [2.75, 3.05) is 19.7 Å². The van der Waals surface area contributed by atoms with E-state index in [-0.39, 0.29) is 18.4 Å². The molecular weight excluding hydrogens is 280 g/mol. The summed E-state index contributed by atoms with van der Waals surface area (Å²) < 4.78 is 5.38. The molecule has 0 unspecified atom stereocenters. The number of likely N-dealkylation sites (tertiary alicyclic amines) is 1. The summed E-state index contributed by atoms with van der Waals surface area (Å²) in [6, 6.07) is 9.44. The van der Waals surface area contributed by atoms with Crippen LogP contribution in [0.4, 0.5) is 0 Å². The van der Waals surface area contributed by atoms with Gasteiger partial charge < -0.3 is 9.64 Å². The highest BCUT2D eigenvalue weighted by atomic mass is 16.5. The highest BCUT2D eigenvalue weighted by Gasteiger charge is 2.29. The van der Waals surface area contributed by atoms with Gasteiger partial charge in [0.15, 0.2) is 5.69 Å². The van der Waals surface area contributed by atoms with E-state index in [0.29, 0.717) is 25.2 Å². The lowest BCUT2D eigenvalue weighted by Crippen LogP contribution is -2.25. The molecule has 1 aliphatic rings. The van der Waals surface area contributed by atoms with Gasteiger partial charge in [0.25, 0.3) is 0 Å². The summed E-state index contributed by atoms with van der Waals surface area (Å²) in [6.45, 7) is 3.57. The van der Waals surface area contributed by atoms with E-state index in [1.54, 1.807) is 11.1 Å². The highest BCUT2D eigenvalue weighted by Crippen LogP contribution is 2.20. The molecule has 22 heavy (non-hydrogen) atoms. The number of aromatic nitrogens is 1. The van der Waals surface area contributed by atoms with Crippen molar-refractivity contribution in [3.05, 3.63) is 42.2 Å². The fourth-order valence-corrected chi connectivity index (χ4v) is 2.82. The first-order valence-electron chi connectivity index (χ1n) is 7.47. The van der Waals surface area contributed by atoms with Crippen molar-refractivity contribution >= 4 is 22.6 Å². The maximum absolute atomic E-state index is 12.3. The maximum atomic E-state index is 12.3. The third-order valence-corrected chi connectivity index (χ3v) is 3.99. The van der Waals surface area contributed by atoms with Crippen molar-refractivity contribution in [3.8, 4) is 0 Å². The number of pyridine rings is 1. The van der Waals surface area contributed by atoms with Crippen LogP contribution in [0.5, 0.6) is 0 Å². The van der Waals surface area contributed by atoms with E-state index < -0.39 is 5.97 Å². The molecule has 1 saturated heterocycles. The average molecular weight is 298 g/mol. The zero-order chi connectivity index (χ0) is 15.5. The Balaban J connectivity index is 1.68. The zero-order valence-electron chi connectivity index (χ0n) is 12.5. The van der Waals surface area contributed by atoms with Gasteiger partial charge in [-0.15, -0.1) is 0 Å². The van der Waals surface area contributed by atoms with E-state index in [1.165, 1.54) is 0 Å². The molecule has 1 aliphatic heterocycles. The molecule has 0 bridgehead atoms. The standard InChI is InChI=1S/C17H18N2O3/c1-2-19-10-12(9-15(19)20)11-22-17(21)16-14-6-4-3-5-13(14)7-8-18-16/h3-8,12H,2,9-11H2,1H3/t12-/m1/s1. The predicted octanol–water partition coefficient (Wildman–Crippen LogP) is 2.26. The Hall–Kier alpha value is -2.43. The Bertz CT molecular complexity index is 709. The molecule has 1 aromatic carbocycles. The number of esters is 1. The van der Waals surface area contributed by atoms with Crippen LogP contribution in [-0.2, 0) is 9.53 Å². The first-order chi connectivity index (χ1) is 10.7. The quantitative estimate of drug-likeness (QED) is 0.812. The predicted molar refractivity (Wildman–Crippen MR) is 82.4 cm³/mol. The van der Waals surface area contributed by atoms with Crippen LogP contribution in [0.1, 0.15) is 23.8 Å². The average Bonchev–Trinajstić information content (AvgIpc) is 2.92. The molecule has 1 fully saturated rings. The van der Waals surface area contributed by atoms with E-state index in [2.05, 4.69) is 4.98 Å². The molecule has 1 amide bonds. The van der Waals surface area contributed by atoms with Crippen LogP contribution in [0.25, 0.3) is 10.8 Å². The van der Waals surface area contributed by atoms with Gasteiger partial charge in [0, 0.05) is 37.0 Å². The van der Waals surface area contributed by atoms with E-state index in [4.69, 9.17) is 4.74 Å². The van der Waals surface area contributed by atoms with Crippen molar-refractivity contribution in [1.82, 2.24) is 9.88 Å². The van der Waals surface area contributed by atoms with E-state index in [1.807, 2.05) is 37.3 Å². The normalized spacial score (nSPS) is 18.0. The summed E-state index contributed by atoms with van der Waals surface area (Å²) in [4.78, 5) is 29.9. The zero-order valence-corrected chi connectivity index (χ0v) is 12.5. The lowest BCUT2D eigenvalue weighted by atomic mass is 10.1. The smallest absolute Gasteiger partial charge is 0.357 e. The molecule has 5 heteroatoms. The monoisotopic (exact) mass is 298 g/mol. The number of hydrogen-bond donors (Lipinski definition) is 0. The largest absolute Gasteiger partial charge is 0.461 e. The Morgan fingerprint density at radius 3 is 2.95 bits per heavy atom. The van der Waals surface area contributed by atoms with Crippen LogP contribution in [0, 0.1) is 5.92 Å². The molecule has 0 N–H and O–H groups in total. The molecule has 1 aromatic heterocycles. The Labute approximate surface area is 128 Å². The van der Waals surface area contributed by atoms with Crippen LogP contribution < -0.4 is 0 Å². The Kier molecular flexibility index (Phi) is 4.04. The molecule has 1 atom stereocenters. The number of nitrogens with zero attached hydrogens (tertiary/aromatic N) is 2. The summed E-state index contributed by atoms with van der Waals surface area (Å²) in [5.74, 6) is -0.225. The molecule has 5 nitrogen and oxygen atoms in total. The molecule has 0 aliphatic carbocycles. The fourth-order valence-electron chi connectivity index (χ4n) is 2.82. The van der Waals surface area contributed by atoms with Crippen molar-refractivity contribution in [2.24, 2.45) is 5.92 Å². The lowest BCUT2D eigenvalue weighted by Gasteiger charge is -2.13. The van der Waals surface area contributed by atoms with Crippen LogP contribution in [0.15, 0.2) is 36.5 Å². The Morgan fingerprint density at radius 1 is 1.36 bits per heavy atom. The summed E-state index contributed by atoms with van der Waals surface area (Å²) in [7, 11) is 0. The second-order valence-corrected chi connectivity index (χ2v) is 5.48. The van der Waals surface area contributed by atoms with Crippen LogP contribution in [-0.4, -0.2) is 41.5 Å². The first-order valence-corrected chi connectivity index (χ1v) is 7.47. The van der Waals surface area contributed by atoms with Gasteiger partial charge in [0.05, 0.1) is 6.61 Å². The number of ether oxygens (including phenoxy) is 1. The molecule has 0 spiro atoms. The maximum Gasteiger partial charge on any atom is 0.357 e. The molecule has 2 heterocycles. The third-order valence-electron chi connectivity index (χ3n) is 3.99. The van der Waals surface area contributed by atoms with Gasteiger partial charge >= 0.3 is 5.97 Å². The number of benzene rings is 1.